The van der Waals surface area contributed by atoms with Crippen LogP contribution in [0.1, 0.15) is 65.0 Å². The molecule has 4 nitrogen and oxygen atoms in total. The van der Waals surface area contributed by atoms with E-state index >= 15 is 0 Å². The molecule has 0 N–H and O–H groups in total. The average molecular weight is 429 g/mol. The summed E-state index contributed by atoms with van der Waals surface area (Å²) in [5, 5.41) is 2.34. The summed E-state index contributed by atoms with van der Waals surface area (Å²) in [6.07, 6.45) is 4.66. The zero-order valence-corrected chi connectivity index (χ0v) is 19.1. The predicted molar refractivity (Wildman–Crippen MR) is 130 cm³/mol. The second kappa shape index (κ2) is 10.1. The predicted octanol–water partition coefficient (Wildman–Crippen LogP) is 5.69. The van der Waals surface area contributed by atoms with Crippen molar-refractivity contribution in [3.8, 4) is 0 Å². The molecule has 4 rings (SSSR count). The fourth-order valence-corrected chi connectivity index (χ4v) is 4.64. The molecule has 166 valence electrons. The number of imide groups is 1. The summed E-state index contributed by atoms with van der Waals surface area (Å²) in [6, 6.07) is 19.9. The third kappa shape index (κ3) is 4.76. The molecule has 0 unspecified atom stereocenters. The molecule has 0 radical (unpaired) electrons. The maximum atomic E-state index is 12.7. The van der Waals surface area contributed by atoms with Gasteiger partial charge in [-0.25, -0.2) is 0 Å². The number of hydrogen-bond donors (Lipinski definition) is 0. The number of carbonyl (C=O) groups is 2. The number of fused-ring (bicyclic) bond motifs is 2. The standard InChI is InChI=1S/C28H32N2O2/c1-3-15-29(16-4-2)17-7-8-21-11-13-24-19-22(12-14-23(24)18-21)20-30-27(31)25-9-5-6-10-26(25)28(30)32/h5-6,9-14,18-19H,3-4,7-8,15-17,20H2,1-2H3. The summed E-state index contributed by atoms with van der Waals surface area (Å²) < 4.78 is 0. The Hall–Kier alpha value is -2.98. The van der Waals surface area contributed by atoms with Gasteiger partial charge in [-0.05, 0) is 85.4 Å². The lowest BCUT2D eigenvalue weighted by molar-refractivity contribution is 0.0642. The molecule has 3 aromatic carbocycles. The Morgan fingerprint density at radius 3 is 1.88 bits per heavy atom. The topological polar surface area (TPSA) is 40.6 Å². The van der Waals surface area contributed by atoms with Gasteiger partial charge in [-0.1, -0.05) is 56.3 Å². The fraction of sp³-hybridized carbons (Fsp3) is 0.357. The van der Waals surface area contributed by atoms with Crippen molar-refractivity contribution in [3.05, 3.63) is 82.9 Å². The molecule has 0 aromatic heterocycles. The van der Waals surface area contributed by atoms with E-state index < -0.39 is 0 Å². The molecule has 0 fully saturated rings. The minimum absolute atomic E-state index is 0.207. The van der Waals surface area contributed by atoms with E-state index in [9.17, 15) is 9.59 Å². The summed E-state index contributed by atoms with van der Waals surface area (Å²) in [5.41, 5.74) is 3.33. The Labute approximate surface area is 190 Å². The van der Waals surface area contributed by atoms with Crippen LogP contribution in [-0.4, -0.2) is 41.2 Å². The highest BCUT2D eigenvalue weighted by atomic mass is 16.2. The maximum absolute atomic E-state index is 12.7. The van der Waals surface area contributed by atoms with E-state index in [0.717, 1.165) is 23.9 Å². The van der Waals surface area contributed by atoms with Gasteiger partial charge >= 0.3 is 0 Å². The van der Waals surface area contributed by atoms with E-state index in [1.54, 1.807) is 24.3 Å². The quantitative estimate of drug-likeness (QED) is 0.390. The number of aryl methyl sites for hydroxylation is 1. The monoisotopic (exact) mass is 428 g/mol. The molecular formula is C28H32N2O2. The van der Waals surface area contributed by atoms with Crippen molar-refractivity contribution in [2.75, 3.05) is 19.6 Å². The Balaban J connectivity index is 1.41. The highest BCUT2D eigenvalue weighted by Crippen LogP contribution is 2.26. The first-order valence-electron chi connectivity index (χ1n) is 11.8. The van der Waals surface area contributed by atoms with Crippen LogP contribution < -0.4 is 0 Å². The summed E-state index contributed by atoms with van der Waals surface area (Å²) in [5.74, 6) is -0.414. The first kappa shape index (κ1) is 22.2. The molecule has 0 saturated carbocycles. The minimum Gasteiger partial charge on any atom is -0.303 e. The van der Waals surface area contributed by atoms with Crippen molar-refractivity contribution in [1.82, 2.24) is 9.80 Å². The SMILES string of the molecule is CCCN(CCC)CCCc1ccc2cc(CN3C(=O)c4ccccc4C3=O)ccc2c1. The van der Waals surface area contributed by atoms with Gasteiger partial charge in [0.05, 0.1) is 17.7 Å². The van der Waals surface area contributed by atoms with Gasteiger partial charge in [-0.15, -0.1) is 0 Å². The van der Waals surface area contributed by atoms with Crippen molar-refractivity contribution in [1.29, 1.82) is 0 Å². The number of amides is 2. The minimum atomic E-state index is -0.207. The van der Waals surface area contributed by atoms with Crippen LogP contribution in [0.25, 0.3) is 10.8 Å². The lowest BCUT2D eigenvalue weighted by atomic mass is 10.0. The van der Waals surface area contributed by atoms with Gasteiger partial charge in [0.25, 0.3) is 11.8 Å². The summed E-state index contributed by atoms with van der Waals surface area (Å²) in [7, 11) is 0. The first-order chi connectivity index (χ1) is 15.6. The normalized spacial score (nSPS) is 13.4. The Kier molecular flexibility index (Phi) is 7.01. The molecule has 0 aliphatic carbocycles. The Morgan fingerprint density at radius 2 is 1.28 bits per heavy atom. The summed E-state index contributed by atoms with van der Waals surface area (Å²) in [4.78, 5) is 29.2. The largest absolute Gasteiger partial charge is 0.303 e. The number of nitrogens with zero attached hydrogens (tertiary/aromatic N) is 2. The van der Waals surface area contributed by atoms with Crippen molar-refractivity contribution < 1.29 is 9.59 Å². The van der Waals surface area contributed by atoms with E-state index in [0.29, 0.717) is 17.7 Å². The van der Waals surface area contributed by atoms with Gasteiger partial charge in [0.15, 0.2) is 0 Å². The highest BCUT2D eigenvalue weighted by Gasteiger charge is 2.34. The molecule has 2 amide bonds. The van der Waals surface area contributed by atoms with Crippen molar-refractivity contribution >= 4 is 22.6 Å². The lowest BCUT2D eigenvalue weighted by Crippen LogP contribution is -2.29. The number of rotatable bonds is 10. The lowest BCUT2D eigenvalue weighted by Gasteiger charge is -2.20. The highest BCUT2D eigenvalue weighted by molar-refractivity contribution is 6.21. The van der Waals surface area contributed by atoms with Crippen LogP contribution in [0, 0.1) is 0 Å². The van der Waals surface area contributed by atoms with E-state index in [-0.39, 0.29) is 11.8 Å². The maximum Gasteiger partial charge on any atom is 0.261 e. The van der Waals surface area contributed by atoms with Gasteiger partial charge in [0.1, 0.15) is 0 Å². The van der Waals surface area contributed by atoms with Crippen LogP contribution in [0.2, 0.25) is 0 Å². The second-order valence-corrected chi connectivity index (χ2v) is 8.70. The zero-order chi connectivity index (χ0) is 22.5. The van der Waals surface area contributed by atoms with Gasteiger partial charge in [-0.3, -0.25) is 14.5 Å². The van der Waals surface area contributed by atoms with Gasteiger partial charge in [0, 0.05) is 0 Å². The molecule has 0 bridgehead atoms. The molecule has 0 spiro atoms. The van der Waals surface area contributed by atoms with Gasteiger partial charge in [-0.2, -0.15) is 0 Å². The number of benzene rings is 3. The van der Waals surface area contributed by atoms with Gasteiger partial charge in [0.2, 0.25) is 0 Å². The number of carbonyl (C=O) groups excluding carboxylic acids is 2. The van der Waals surface area contributed by atoms with Crippen molar-refractivity contribution in [2.24, 2.45) is 0 Å². The van der Waals surface area contributed by atoms with E-state index in [2.05, 4.69) is 49.1 Å². The molecule has 0 saturated heterocycles. The molecule has 3 aromatic rings. The van der Waals surface area contributed by atoms with E-state index in [4.69, 9.17) is 0 Å². The summed E-state index contributed by atoms with van der Waals surface area (Å²) in [6.45, 7) is 8.31. The van der Waals surface area contributed by atoms with Crippen molar-refractivity contribution in [3.63, 3.8) is 0 Å². The third-order valence-electron chi connectivity index (χ3n) is 6.21. The molecule has 4 heteroatoms. The molecular weight excluding hydrogens is 396 g/mol. The van der Waals surface area contributed by atoms with Crippen molar-refractivity contribution in [2.45, 2.75) is 46.1 Å². The van der Waals surface area contributed by atoms with Crippen LogP contribution in [0.5, 0.6) is 0 Å². The van der Waals surface area contributed by atoms with E-state index in [1.807, 2.05) is 6.07 Å². The first-order valence-corrected chi connectivity index (χ1v) is 11.8. The Morgan fingerprint density at radius 1 is 0.719 bits per heavy atom. The van der Waals surface area contributed by atoms with Gasteiger partial charge < -0.3 is 4.90 Å². The third-order valence-corrected chi connectivity index (χ3v) is 6.21. The molecule has 1 aliphatic rings. The Bertz CT molecular complexity index is 1080. The van der Waals surface area contributed by atoms with Crippen LogP contribution >= 0.6 is 0 Å². The smallest absolute Gasteiger partial charge is 0.261 e. The van der Waals surface area contributed by atoms with Crippen LogP contribution in [0.15, 0.2) is 60.7 Å². The fourth-order valence-electron chi connectivity index (χ4n) is 4.64. The molecule has 1 aliphatic heterocycles. The second-order valence-electron chi connectivity index (χ2n) is 8.70. The molecule has 0 atom stereocenters. The molecule has 1 heterocycles. The summed E-state index contributed by atoms with van der Waals surface area (Å²) >= 11 is 0. The molecule has 32 heavy (non-hydrogen) atoms. The number of hydrogen-bond acceptors (Lipinski definition) is 3. The average Bonchev–Trinajstić information content (AvgIpc) is 3.04. The van der Waals surface area contributed by atoms with Crippen LogP contribution in [0.4, 0.5) is 0 Å². The van der Waals surface area contributed by atoms with Crippen LogP contribution in [0.3, 0.4) is 0 Å². The van der Waals surface area contributed by atoms with Crippen LogP contribution in [-0.2, 0) is 13.0 Å². The zero-order valence-electron chi connectivity index (χ0n) is 19.1. The van der Waals surface area contributed by atoms with E-state index in [1.165, 1.54) is 48.2 Å².